The maximum absolute atomic E-state index is 11.9. The van der Waals surface area contributed by atoms with Crippen LogP contribution >= 0.6 is 0 Å². The summed E-state index contributed by atoms with van der Waals surface area (Å²) in [6.45, 7) is 0.0477. The van der Waals surface area contributed by atoms with Crippen LogP contribution in [-0.2, 0) is 19.6 Å². The first kappa shape index (κ1) is 16.9. The summed E-state index contributed by atoms with van der Waals surface area (Å²) < 4.78 is 26.1. The molecule has 0 aromatic heterocycles. The van der Waals surface area contributed by atoms with Crippen LogP contribution in [0.4, 0.5) is 0 Å². The lowest BCUT2D eigenvalue weighted by Gasteiger charge is -2.10. The Kier molecular flexibility index (Phi) is 4.99. The van der Waals surface area contributed by atoms with Gasteiger partial charge in [-0.25, -0.2) is 8.42 Å². The largest absolute Gasteiger partial charge is 0.347 e. The predicted octanol–water partition coefficient (Wildman–Crippen LogP) is -0.680. The minimum atomic E-state index is -3.57. The number of aliphatic imine (C=N–C) groups is 1. The van der Waals surface area contributed by atoms with Gasteiger partial charge in [0, 0.05) is 26.1 Å². The molecule has 1 aliphatic rings. The highest BCUT2D eigenvalue weighted by molar-refractivity contribution is 7.90. The molecule has 2 rings (SSSR count). The predicted molar refractivity (Wildman–Crippen MR) is 84.5 cm³/mol. The van der Waals surface area contributed by atoms with Crippen molar-refractivity contribution in [2.24, 2.45) is 4.99 Å². The number of benzene rings is 1. The van der Waals surface area contributed by atoms with Crippen LogP contribution in [0, 0.1) is 0 Å². The Morgan fingerprint density at radius 3 is 2.65 bits per heavy atom. The van der Waals surface area contributed by atoms with E-state index in [1.54, 1.807) is 32.3 Å². The van der Waals surface area contributed by atoms with Crippen LogP contribution in [0.15, 0.2) is 34.2 Å². The molecule has 9 heteroatoms. The number of hydrogen-bond donors (Lipinski definition) is 2. The molecule has 0 fully saturated rings. The van der Waals surface area contributed by atoms with Gasteiger partial charge in [0.15, 0.2) is 0 Å². The number of fused-ring (bicyclic) bond motifs is 1. The summed E-state index contributed by atoms with van der Waals surface area (Å²) >= 11 is 0. The number of nitrogens with one attached hydrogen (secondary N) is 2. The van der Waals surface area contributed by atoms with Crippen LogP contribution in [0.5, 0.6) is 0 Å². The molecule has 0 bridgehead atoms. The fourth-order valence-electron chi connectivity index (χ4n) is 1.94. The van der Waals surface area contributed by atoms with Gasteiger partial charge in [-0.15, -0.1) is 0 Å². The standard InChI is InChI=1S/C14H18N4O4S/c1-18(2)13(20)9-16-12(19)7-8-15-14-10-5-3-4-6-11(10)23(21,22)17-14/h3-6H,7-9H2,1-2H3,(H,15,17)(H,16,19). The van der Waals surface area contributed by atoms with Gasteiger partial charge in [-0.05, 0) is 12.1 Å². The molecule has 0 aliphatic carbocycles. The van der Waals surface area contributed by atoms with Crippen LogP contribution in [0.25, 0.3) is 0 Å². The van der Waals surface area contributed by atoms with Gasteiger partial charge in [0.2, 0.25) is 11.8 Å². The number of rotatable bonds is 5. The fraction of sp³-hybridized carbons (Fsp3) is 0.357. The number of sulfonamides is 1. The van der Waals surface area contributed by atoms with Gasteiger partial charge in [0.25, 0.3) is 10.0 Å². The van der Waals surface area contributed by atoms with Gasteiger partial charge in [-0.3, -0.25) is 19.3 Å². The minimum Gasteiger partial charge on any atom is -0.347 e. The highest BCUT2D eigenvalue weighted by Crippen LogP contribution is 2.21. The van der Waals surface area contributed by atoms with Gasteiger partial charge in [0.05, 0.1) is 18.0 Å². The summed E-state index contributed by atoms with van der Waals surface area (Å²) in [6.07, 6.45) is 0.0636. The summed E-state index contributed by atoms with van der Waals surface area (Å²) in [5, 5.41) is 2.49. The third kappa shape index (κ3) is 4.07. The Labute approximate surface area is 134 Å². The maximum Gasteiger partial charge on any atom is 0.263 e. The van der Waals surface area contributed by atoms with Crippen molar-refractivity contribution in [1.82, 2.24) is 14.9 Å². The monoisotopic (exact) mass is 338 g/mol. The number of likely N-dealkylation sites (N-methyl/N-ethyl adjacent to an activating group) is 1. The molecule has 2 amide bonds. The number of carbonyl (C=O) groups excluding carboxylic acids is 2. The van der Waals surface area contributed by atoms with Crippen molar-refractivity contribution >= 4 is 27.7 Å². The van der Waals surface area contributed by atoms with Crippen molar-refractivity contribution < 1.29 is 18.0 Å². The summed E-state index contributed by atoms with van der Waals surface area (Å²) in [6, 6.07) is 6.51. The van der Waals surface area contributed by atoms with E-state index in [4.69, 9.17) is 0 Å². The van der Waals surface area contributed by atoms with Crippen molar-refractivity contribution in [3.63, 3.8) is 0 Å². The van der Waals surface area contributed by atoms with E-state index in [9.17, 15) is 18.0 Å². The zero-order chi connectivity index (χ0) is 17.0. The van der Waals surface area contributed by atoms with E-state index in [1.807, 2.05) is 0 Å². The van der Waals surface area contributed by atoms with Crippen molar-refractivity contribution in [3.05, 3.63) is 29.8 Å². The number of hydrogen-bond acceptors (Lipinski definition) is 5. The third-order valence-corrected chi connectivity index (χ3v) is 4.60. The Morgan fingerprint density at radius 2 is 1.96 bits per heavy atom. The first-order valence-electron chi connectivity index (χ1n) is 6.95. The van der Waals surface area contributed by atoms with Crippen molar-refractivity contribution in [2.45, 2.75) is 11.3 Å². The zero-order valence-corrected chi connectivity index (χ0v) is 13.7. The van der Waals surface area contributed by atoms with Gasteiger partial charge in [-0.2, -0.15) is 0 Å². The number of amidine groups is 1. The molecule has 124 valence electrons. The van der Waals surface area contributed by atoms with E-state index in [-0.39, 0.29) is 42.1 Å². The number of carbonyl (C=O) groups is 2. The molecule has 0 spiro atoms. The smallest absolute Gasteiger partial charge is 0.263 e. The van der Waals surface area contributed by atoms with Gasteiger partial charge in [0.1, 0.15) is 5.84 Å². The van der Waals surface area contributed by atoms with E-state index in [1.165, 1.54) is 11.0 Å². The zero-order valence-electron chi connectivity index (χ0n) is 12.9. The minimum absolute atomic E-state index is 0.0636. The van der Waals surface area contributed by atoms with Crippen LogP contribution in [0.3, 0.4) is 0 Å². The summed E-state index contributed by atoms with van der Waals surface area (Å²) in [5.74, 6) is -0.293. The third-order valence-electron chi connectivity index (χ3n) is 3.21. The number of amides is 2. The molecule has 8 nitrogen and oxygen atoms in total. The Balaban J connectivity index is 1.92. The Hall–Kier alpha value is -2.42. The topological polar surface area (TPSA) is 108 Å². The molecular formula is C14H18N4O4S. The van der Waals surface area contributed by atoms with Gasteiger partial charge in [-0.1, -0.05) is 12.1 Å². The van der Waals surface area contributed by atoms with E-state index in [0.717, 1.165) is 0 Å². The Bertz CT molecular complexity index is 756. The summed E-state index contributed by atoms with van der Waals surface area (Å²) in [4.78, 5) is 28.7. The molecule has 1 aromatic rings. The lowest BCUT2D eigenvalue weighted by atomic mass is 10.2. The second-order valence-electron chi connectivity index (χ2n) is 5.15. The molecule has 0 unspecified atom stereocenters. The SMILES string of the molecule is CN(C)C(=O)CNC(=O)CCN=C1NS(=O)(=O)c2ccccc21. The molecule has 0 saturated carbocycles. The molecule has 0 saturated heterocycles. The van der Waals surface area contributed by atoms with Gasteiger partial charge < -0.3 is 10.2 Å². The van der Waals surface area contributed by atoms with Gasteiger partial charge >= 0.3 is 0 Å². The molecule has 1 aromatic carbocycles. The highest BCUT2D eigenvalue weighted by atomic mass is 32.2. The van der Waals surface area contributed by atoms with E-state index in [2.05, 4.69) is 15.0 Å². The highest BCUT2D eigenvalue weighted by Gasteiger charge is 2.29. The first-order chi connectivity index (χ1) is 10.8. The van der Waals surface area contributed by atoms with Crippen LogP contribution in [0.1, 0.15) is 12.0 Å². The first-order valence-corrected chi connectivity index (χ1v) is 8.43. The summed E-state index contributed by atoms with van der Waals surface area (Å²) in [7, 11) is -0.365. The average molecular weight is 338 g/mol. The van der Waals surface area contributed by atoms with Crippen LogP contribution in [0.2, 0.25) is 0 Å². The molecule has 2 N–H and O–H groups in total. The second-order valence-corrected chi connectivity index (χ2v) is 6.80. The number of nitrogens with zero attached hydrogens (tertiary/aromatic N) is 2. The normalized spacial score (nSPS) is 16.5. The maximum atomic E-state index is 11.9. The molecule has 0 radical (unpaired) electrons. The molecule has 1 heterocycles. The van der Waals surface area contributed by atoms with Crippen LogP contribution < -0.4 is 10.0 Å². The summed E-state index contributed by atoms with van der Waals surface area (Å²) in [5.41, 5.74) is 0.496. The quantitative estimate of drug-likeness (QED) is 0.741. The lowest BCUT2D eigenvalue weighted by Crippen LogP contribution is -2.36. The second kappa shape index (κ2) is 6.78. The van der Waals surface area contributed by atoms with Crippen LogP contribution in [-0.4, -0.2) is 58.2 Å². The fourth-order valence-corrected chi connectivity index (χ4v) is 3.19. The molecular weight excluding hydrogens is 320 g/mol. The average Bonchev–Trinajstić information content (AvgIpc) is 2.76. The van der Waals surface area contributed by atoms with Crippen molar-refractivity contribution in [3.8, 4) is 0 Å². The van der Waals surface area contributed by atoms with Crippen molar-refractivity contribution in [1.29, 1.82) is 0 Å². The van der Waals surface area contributed by atoms with E-state index >= 15 is 0 Å². The van der Waals surface area contributed by atoms with E-state index in [0.29, 0.717) is 5.56 Å². The molecule has 23 heavy (non-hydrogen) atoms. The van der Waals surface area contributed by atoms with Crippen molar-refractivity contribution in [2.75, 3.05) is 27.2 Å². The lowest BCUT2D eigenvalue weighted by molar-refractivity contribution is -0.130. The Morgan fingerprint density at radius 1 is 1.26 bits per heavy atom. The molecule has 0 atom stereocenters. The van der Waals surface area contributed by atoms with E-state index < -0.39 is 10.0 Å². The molecule has 1 aliphatic heterocycles.